The van der Waals surface area contributed by atoms with Gasteiger partial charge in [-0.05, 0) is 66.1 Å². The molecule has 1 amide bonds. The van der Waals surface area contributed by atoms with E-state index >= 15 is 0 Å². The first-order chi connectivity index (χ1) is 13.5. The van der Waals surface area contributed by atoms with Gasteiger partial charge < -0.3 is 0 Å². The Morgan fingerprint density at radius 2 is 1.57 bits per heavy atom. The van der Waals surface area contributed by atoms with Crippen molar-refractivity contribution in [3.05, 3.63) is 0 Å². The largest absolute Gasteiger partial charge is 0.274 e. The van der Waals surface area contributed by atoms with Crippen LogP contribution in [-0.4, -0.2) is 50.9 Å². The Balaban J connectivity index is 1.93. The van der Waals surface area contributed by atoms with E-state index in [4.69, 9.17) is 0 Å². The molecule has 1 heterocycles. The van der Waals surface area contributed by atoms with E-state index in [0.29, 0.717) is 5.92 Å². The van der Waals surface area contributed by atoms with E-state index in [0.717, 1.165) is 42.7 Å². The van der Waals surface area contributed by atoms with Crippen LogP contribution < -0.4 is 0 Å². The van der Waals surface area contributed by atoms with Gasteiger partial charge >= 0.3 is 0 Å². The van der Waals surface area contributed by atoms with Crippen molar-refractivity contribution in [2.75, 3.05) is 12.5 Å². The molecule has 0 aromatic rings. The molecule has 0 aromatic carbocycles. The fourth-order valence-corrected chi connectivity index (χ4v) is 10.9. The van der Waals surface area contributed by atoms with E-state index in [1.54, 1.807) is 0 Å². The summed E-state index contributed by atoms with van der Waals surface area (Å²) in [6.45, 7) is 8.64. The predicted molar refractivity (Wildman–Crippen MR) is 117 cm³/mol. The van der Waals surface area contributed by atoms with Crippen molar-refractivity contribution in [1.82, 2.24) is 4.31 Å². The van der Waals surface area contributed by atoms with Crippen LogP contribution >= 0.6 is 0 Å². The lowest BCUT2D eigenvalue weighted by molar-refractivity contribution is -0.177. The van der Waals surface area contributed by atoms with Gasteiger partial charge in [-0.15, -0.1) is 0 Å². The molecule has 2 unspecified atom stereocenters. The van der Waals surface area contributed by atoms with Crippen LogP contribution in [0.5, 0.6) is 0 Å². The smallest absolute Gasteiger partial charge is 0.236 e. The van der Waals surface area contributed by atoms with E-state index in [9.17, 15) is 21.6 Å². The fraction of sp³-hybridized carbons (Fsp3) is 0.955. The Hall–Kier alpha value is -0.630. The van der Waals surface area contributed by atoms with Crippen LogP contribution in [-0.2, 0) is 24.7 Å². The molecule has 1 aliphatic heterocycles. The SMILES string of the molecule is CC1(C)CC(=O)N(S(C)(=O)=O)C2CC(S(C)(=O)=O)[C@@H]3[C@@H](CC[C@]4(C)CCC[C@@H]34)[C@]21C. The molecular weight excluding hydrogens is 422 g/mol. The molecule has 3 saturated carbocycles. The second-order valence-electron chi connectivity index (χ2n) is 11.8. The van der Waals surface area contributed by atoms with Gasteiger partial charge in [-0.1, -0.05) is 34.1 Å². The number of hydrogen-bond acceptors (Lipinski definition) is 5. The highest BCUT2D eigenvalue weighted by atomic mass is 32.2. The summed E-state index contributed by atoms with van der Waals surface area (Å²) in [7, 11) is -7.18. The summed E-state index contributed by atoms with van der Waals surface area (Å²) < 4.78 is 52.6. The molecule has 0 bridgehead atoms. The van der Waals surface area contributed by atoms with Gasteiger partial charge in [-0.2, -0.15) is 0 Å². The molecule has 0 radical (unpaired) electrons. The molecule has 0 spiro atoms. The molecular formula is C22H37NO5S2. The second-order valence-corrected chi connectivity index (χ2v) is 15.9. The van der Waals surface area contributed by atoms with Crippen molar-refractivity contribution in [3.63, 3.8) is 0 Å². The van der Waals surface area contributed by atoms with Gasteiger partial charge in [0.15, 0.2) is 9.84 Å². The van der Waals surface area contributed by atoms with Crippen molar-refractivity contribution < 1.29 is 21.6 Å². The maximum absolute atomic E-state index is 13.1. The van der Waals surface area contributed by atoms with Gasteiger partial charge in [0.1, 0.15) is 0 Å². The summed E-state index contributed by atoms with van der Waals surface area (Å²) in [4.78, 5) is 13.0. The van der Waals surface area contributed by atoms with E-state index in [2.05, 4.69) is 27.7 Å². The Morgan fingerprint density at radius 3 is 2.13 bits per heavy atom. The van der Waals surface area contributed by atoms with Crippen molar-refractivity contribution in [1.29, 1.82) is 0 Å². The molecule has 4 aliphatic rings. The Kier molecular flexibility index (Phi) is 4.86. The number of rotatable bonds is 2. The number of carbonyl (C=O) groups is 1. The number of carbonyl (C=O) groups excluding carboxylic acids is 1. The summed E-state index contributed by atoms with van der Waals surface area (Å²) >= 11 is 0. The lowest BCUT2D eigenvalue weighted by Crippen LogP contribution is -2.71. The monoisotopic (exact) mass is 459 g/mol. The lowest BCUT2D eigenvalue weighted by Gasteiger charge is -2.67. The van der Waals surface area contributed by atoms with Crippen LogP contribution in [0.15, 0.2) is 0 Å². The highest BCUT2D eigenvalue weighted by molar-refractivity contribution is 7.91. The third-order valence-corrected chi connectivity index (χ3v) is 12.7. The zero-order valence-corrected chi connectivity index (χ0v) is 20.8. The number of amides is 1. The molecule has 6 nitrogen and oxygen atoms in total. The minimum atomic E-state index is -3.78. The quantitative estimate of drug-likeness (QED) is 0.632. The van der Waals surface area contributed by atoms with Crippen molar-refractivity contribution >= 4 is 25.8 Å². The van der Waals surface area contributed by atoms with Gasteiger partial charge in [0.25, 0.3) is 0 Å². The Labute approximate surface area is 182 Å². The summed E-state index contributed by atoms with van der Waals surface area (Å²) in [5, 5.41) is -0.589. The van der Waals surface area contributed by atoms with Crippen LogP contribution in [0.25, 0.3) is 0 Å². The Morgan fingerprint density at radius 1 is 0.933 bits per heavy atom. The van der Waals surface area contributed by atoms with E-state index in [-0.39, 0.29) is 30.1 Å². The van der Waals surface area contributed by atoms with Crippen LogP contribution in [0.2, 0.25) is 0 Å². The van der Waals surface area contributed by atoms with Crippen molar-refractivity contribution in [2.45, 2.75) is 83.9 Å². The molecule has 1 saturated heterocycles. The lowest BCUT2D eigenvalue weighted by atomic mass is 9.42. The topological polar surface area (TPSA) is 88.6 Å². The molecule has 0 N–H and O–H groups in total. The normalized spacial score (nSPS) is 46.1. The number of piperidine rings is 1. The summed E-state index contributed by atoms with van der Waals surface area (Å²) in [5.41, 5.74) is -0.661. The summed E-state index contributed by atoms with van der Waals surface area (Å²) in [6.07, 6.45) is 8.10. The van der Waals surface area contributed by atoms with Crippen molar-refractivity contribution in [2.24, 2.45) is 34.0 Å². The number of nitrogens with zero attached hydrogens (tertiary/aromatic N) is 1. The maximum atomic E-state index is 13.1. The van der Waals surface area contributed by atoms with Crippen LogP contribution in [0, 0.1) is 34.0 Å². The first-order valence-corrected chi connectivity index (χ1v) is 15.1. The Bertz CT molecular complexity index is 971. The maximum Gasteiger partial charge on any atom is 0.236 e. The average molecular weight is 460 g/mol. The van der Waals surface area contributed by atoms with Gasteiger partial charge in [-0.25, -0.2) is 21.1 Å². The van der Waals surface area contributed by atoms with Crippen LogP contribution in [0.4, 0.5) is 0 Å². The first kappa shape index (κ1) is 22.6. The minimum absolute atomic E-state index is 0.0383. The van der Waals surface area contributed by atoms with E-state index < -0.39 is 47.9 Å². The molecule has 4 rings (SSSR count). The molecule has 8 heteroatoms. The van der Waals surface area contributed by atoms with Crippen molar-refractivity contribution in [3.8, 4) is 0 Å². The number of sulfonamides is 1. The second kappa shape index (κ2) is 6.46. The van der Waals surface area contributed by atoms with Gasteiger partial charge in [0, 0.05) is 12.7 Å². The number of hydrogen-bond donors (Lipinski definition) is 0. The predicted octanol–water partition coefficient (Wildman–Crippen LogP) is 3.23. The zero-order chi connectivity index (χ0) is 22.5. The third kappa shape index (κ3) is 2.95. The minimum Gasteiger partial charge on any atom is -0.274 e. The summed E-state index contributed by atoms with van der Waals surface area (Å²) in [6, 6.07) is -0.601. The highest BCUT2D eigenvalue weighted by Gasteiger charge is 2.69. The van der Waals surface area contributed by atoms with Gasteiger partial charge in [-0.3, -0.25) is 4.79 Å². The third-order valence-electron chi connectivity index (χ3n) is 9.95. The summed E-state index contributed by atoms with van der Waals surface area (Å²) in [5.74, 6) is 0.0990. The first-order valence-electron chi connectivity index (χ1n) is 11.3. The molecule has 30 heavy (non-hydrogen) atoms. The van der Waals surface area contributed by atoms with Gasteiger partial charge in [0.2, 0.25) is 15.9 Å². The number of fused-ring (bicyclic) bond motifs is 5. The molecule has 172 valence electrons. The average Bonchev–Trinajstić information content (AvgIpc) is 2.94. The van der Waals surface area contributed by atoms with Crippen LogP contribution in [0.3, 0.4) is 0 Å². The van der Waals surface area contributed by atoms with E-state index in [1.165, 1.54) is 6.26 Å². The molecule has 4 fully saturated rings. The standard InChI is InChI=1S/C22H37NO5S2/c1-20(2)13-18(24)23(30(6,27)28)17-12-16(29(5,25)26)19-14-8-7-10-21(14,3)11-9-15(19)22(17,20)4/h14-17,19H,7-13H2,1-6H3/t14-,15+,16?,17?,19-,21-,22+/m0/s1. The van der Waals surface area contributed by atoms with Gasteiger partial charge in [0.05, 0.1) is 17.5 Å². The zero-order valence-electron chi connectivity index (χ0n) is 19.1. The molecule has 3 aliphatic carbocycles. The molecule has 0 aromatic heterocycles. The van der Waals surface area contributed by atoms with E-state index in [1.807, 2.05) is 0 Å². The molecule has 7 atom stereocenters. The van der Waals surface area contributed by atoms with Crippen LogP contribution in [0.1, 0.15) is 72.6 Å². The highest BCUT2D eigenvalue weighted by Crippen LogP contribution is 2.69. The number of sulfone groups is 1. The fourth-order valence-electron chi connectivity index (χ4n) is 8.26.